The fourth-order valence-electron chi connectivity index (χ4n) is 3.45. The van der Waals surface area contributed by atoms with Gasteiger partial charge in [0.2, 0.25) is 0 Å². The van der Waals surface area contributed by atoms with E-state index in [9.17, 15) is 4.79 Å². The first-order chi connectivity index (χ1) is 12.7. The molecular formula is C19H22N6O. The minimum atomic E-state index is -0.186. The summed E-state index contributed by atoms with van der Waals surface area (Å²) >= 11 is 0. The van der Waals surface area contributed by atoms with Crippen molar-refractivity contribution in [2.45, 2.75) is 24.9 Å². The van der Waals surface area contributed by atoms with Crippen molar-refractivity contribution in [3.8, 4) is 0 Å². The Morgan fingerprint density at radius 2 is 2.04 bits per heavy atom. The molecule has 1 fully saturated rings. The van der Waals surface area contributed by atoms with Gasteiger partial charge in [0.1, 0.15) is 5.82 Å². The minimum absolute atomic E-state index is 0.103. The number of nitrogens with one attached hydrogen (secondary N) is 3. The van der Waals surface area contributed by atoms with Crippen molar-refractivity contribution in [1.29, 1.82) is 0 Å². The second-order valence-corrected chi connectivity index (χ2v) is 6.69. The van der Waals surface area contributed by atoms with Gasteiger partial charge in [-0.1, -0.05) is 12.1 Å². The normalized spacial score (nSPS) is 20.8. The van der Waals surface area contributed by atoms with Crippen LogP contribution in [0.25, 0.3) is 11.0 Å². The zero-order chi connectivity index (χ0) is 17.9. The summed E-state index contributed by atoms with van der Waals surface area (Å²) in [6.45, 7) is 0.905. The van der Waals surface area contributed by atoms with Crippen molar-refractivity contribution >= 4 is 22.8 Å². The number of carbonyl (C=O) groups is 1. The third-order valence-corrected chi connectivity index (χ3v) is 4.87. The lowest BCUT2D eigenvalue weighted by molar-refractivity contribution is 0.153. The molecule has 4 rings (SSSR count). The Bertz CT molecular complexity index is 860. The van der Waals surface area contributed by atoms with Crippen LogP contribution in [-0.4, -0.2) is 45.5 Å². The number of imidazole rings is 1. The Kier molecular flexibility index (Phi) is 4.53. The number of amides is 2. The first kappa shape index (κ1) is 16.5. The molecule has 0 spiro atoms. The number of benzene rings is 1. The maximum atomic E-state index is 12.3. The van der Waals surface area contributed by atoms with Gasteiger partial charge >= 0.3 is 6.03 Å². The highest BCUT2D eigenvalue weighted by Crippen LogP contribution is 2.29. The predicted octanol–water partition coefficient (Wildman–Crippen LogP) is 2.91. The molecule has 7 heteroatoms. The molecule has 2 atom stereocenters. The monoisotopic (exact) mass is 350 g/mol. The lowest BCUT2D eigenvalue weighted by Crippen LogP contribution is -2.46. The highest BCUT2D eigenvalue weighted by Gasteiger charge is 2.30. The molecule has 26 heavy (non-hydrogen) atoms. The summed E-state index contributed by atoms with van der Waals surface area (Å²) in [6, 6.07) is 11.6. The van der Waals surface area contributed by atoms with Crippen LogP contribution in [0.15, 0.2) is 48.8 Å². The number of hydrogen-bond acceptors (Lipinski definition) is 4. The van der Waals surface area contributed by atoms with Gasteiger partial charge in [0.15, 0.2) is 0 Å². The first-order valence-corrected chi connectivity index (χ1v) is 8.81. The van der Waals surface area contributed by atoms with Crippen molar-refractivity contribution in [3.63, 3.8) is 0 Å². The molecule has 134 valence electrons. The molecule has 3 aromatic rings. The molecule has 0 bridgehead atoms. The Labute approximate surface area is 151 Å². The van der Waals surface area contributed by atoms with Crippen molar-refractivity contribution in [2.24, 2.45) is 0 Å². The molecule has 0 radical (unpaired) electrons. The number of likely N-dealkylation sites (tertiary alicyclic amines) is 1. The second-order valence-electron chi connectivity index (χ2n) is 6.69. The number of aromatic nitrogens is 3. The first-order valence-electron chi connectivity index (χ1n) is 8.81. The number of para-hydroxylation sites is 2. The molecule has 0 unspecified atom stereocenters. The molecule has 0 saturated carbocycles. The maximum absolute atomic E-state index is 12.3. The zero-order valence-corrected chi connectivity index (χ0v) is 14.6. The summed E-state index contributed by atoms with van der Waals surface area (Å²) in [5, 5.41) is 5.93. The summed E-state index contributed by atoms with van der Waals surface area (Å²) in [5.41, 5.74) is 2.75. The SMILES string of the molecule is CN1CC[C@@H](NC(=O)Nc2ccncc2)C[C@@H]1c1nc2ccccc2[nH]1. The molecule has 2 amide bonds. The number of carbonyl (C=O) groups excluding carboxylic acids is 1. The quantitative estimate of drug-likeness (QED) is 0.678. The van der Waals surface area contributed by atoms with E-state index in [1.165, 1.54) is 0 Å². The highest BCUT2D eigenvalue weighted by atomic mass is 16.2. The number of urea groups is 1. The van der Waals surface area contributed by atoms with Crippen LogP contribution >= 0.6 is 0 Å². The number of pyridine rings is 1. The van der Waals surface area contributed by atoms with Crippen molar-refractivity contribution in [2.75, 3.05) is 18.9 Å². The number of nitrogens with zero attached hydrogens (tertiary/aromatic N) is 3. The fourth-order valence-corrected chi connectivity index (χ4v) is 3.45. The van der Waals surface area contributed by atoms with Crippen molar-refractivity contribution in [3.05, 3.63) is 54.6 Å². The third-order valence-electron chi connectivity index (χ3n) is 4.87. The van der Waals surface area contributed by atoms with E-state index < -0.39 is 0 Å². The van der Waals surface area contributed by atoms with Crippen LogP contribution in [0.3, 0.4) is 0 Å². The largest absolute Gasteiger partial charge is 0.341 e. The summed E-state index contributed by atoms with van der Waals surface area (Å²) in [4.78, 5) is 26.7. The highest BCUT2D eigenvalue weighted by molar-refractivity contribution is 5.89. The van der Waals surface area contributed by atoms with Gasteiger partial charge in [-0.05, 0) is 44.2 Å². The summed E-state index contributed by atoms with van der Waals surface area (Å²) in [7, 11) is 2.10. The van der Waals surface area contributed by atoms with Gasteiger partial charge in [-0.3, -0.25) is 9.88 Å². The van der Waals surface area contributed by atoms with E-state index in [0.717, 1.165) is 41.9 Å². The number of fused-ring (bicyclic) bond motifs is 1. The number of aromatic amines is 1. The van der Waals surface area contributed by atoms with Crippen LogP contribution < -0.4 is 10.6 Å². The van der Waals surface area contributed by atoms with Gasteiger partial charge in [0.25, 0.3) is 0 Å². The number of anilines is 1. The smallest absolute Gasteiger partial charge is 0.319 e. The Morgan fingerprint density at radius 1 is 1.23 bits per heavy atom. The fraction of sp³-hybridized carbons (Fsp3) is 0.316. The molecule has 1 aromatic carbocycles. The van der Waals surface area contributed by atoms with E-state index in [0.29, 0.717) is 0 Å². The van der Waals surface area contributed by atoms with Gasteiger partial charge in [-0.25, -0.2) is 9.78 Å². The van der Waals surface area contributed by atoms with Gasteiger partial charge < -0.3 is 15.6 Å². The average molecular weight is 350 g/mol. The van der Waals surface area contributed by atoms with E-state index in [1.54, 1.807) is 24.5 Å². The van der Waals surface area contributed by atoms with Crippen LogP contribution in [0.1, 0.15) is 24.7 Å². The van der Waals surface area contributed by atoms with Gasteiger partial charge in [0, 0.05) is 30.7 Å². The maximum Gasteiger partial charge on any atom is 0.319 e. The topological polar surface area (TPSA) is 85.9 Å². The van der Waals surface area contributed by atoms with E-state index in [1.807, 2.05) is 24.3 Å². The minimum Gasteiger partial charge on any atom is -0.341 e. The van der Waals surface area contributed by atoms with Gasteiger partial charge in [-0.15, -0.1) is 0 Å². The van der Waals surface area contributed by atoms with Crippen LogP contribution in [0.2, 0.25) is 0 Å². The van der Waals surface area contributed by atoms with Crippen LogP contribution in [0, 0.1) is 0 Å². The second kappa shape index (κ2) is 7.13. The number of hydrogen-bond donors (Lipinski definition) is 3. The number of piperidine rings is 1. The van der Waals surface area contributed by atoms with Gasteiger partial charge in [-0.2, -0.15) is 0 Å². The summed E-state index contributed by atoms with van der Waals surface area (Å²) in [5.74, 6) is 0.953. The van der Waals surface area contributed by atoms with E-state index in [2.05, 4.69) is 32.5 Å². The molecule has 1 aliphatic heterocycles. The summed E-state index contributed by atoms with van der Waals surface area (Å²) < 4.78 is 0. The Balaban J connectivity index is 1.43. The number of rotatable bonds is 3. The van der Waals surface area contributed by atoms with Crippen LogP contribution in [0.4, 0.5) is 10.5 Å². The lowest BCUT2D eigenvalue weighted by Gasteiger charge is -2.36. The third kappa shape index (κ3) is 3.52. The number of H-pyrrole nitrogens is 1. The summed E-state index contributed by atoms with van der Waals surface area (Å²) in [6.07, 6.45) is 5.04. The molecule has 0 aliphatic carbocycles. The molecular weight excluding hydrogens is 328 g/mol. The molecule has 7 nitrogen and oxygen atoms in total. The molecule has 1 aliphatic rings. The molecule has 2 aromatic heterocycles. The Hall–Kier alpha value is -2.93. The van der Waals surface area contributed by atoms with Gasteiger partial charge in [0.05, 0.1) is 17.1 Å². The Morgan fingerprint density at radius 3 is 2.85 bits per heavy atom. The van der Waals surface area contributed by atoms with Crippen molar-refractivity contribution in [1.82, 2.24) is 25.2 Å². The molecule has 3 heterocycles. The van der Waals surface area contributed by atoms with E-state index >= 15 is 0 Å². The standard InChI is InChI=1S/C19H22N6O/c1-25-11-8-14(22-19(26)21-13-6-9-20-10-7-13)12-17(25)18-23-15-4-2-3-5-16(15)24-18/h2-7,9-10,14,17H,8,11-12H2,1H3,(H,23,24)(H2,20,21,22,26)/t14-,17-/m1/s1. The van der Waals surface area contributed by atoms with E-state index in [-0.39, 0.29) is 18.1 Å². The predicted molar refractivity (Wildman–Crippen MR) is 101 cm³/mol. The zero-order valence-electron chi connectivity index (χ0n) is 14.6. The van der Waals surface area contributed by atoms with Crippen LogP contribution in [0.5, 0.6) is 0 Å². The lowest BCUT2D eigenvalue weighted by atomic mass is 9.97. The van der Waals surface area contributed by atoms with Crippen LogP contribution in [-0.2, 0) is 0 Å². The molecule has 1 saturated heterocycles. The van der Waals surface area contributed by atoms with Crippen molar-refractivity contribution < 1.29 is 4.79 Å². The average Bonchev–Trinajstić information content (AvgIpc) is 3.08. The van der Waals surface area contributed by atoms with E-state index in [4.69, 9.17) is 4.98 Å². The molecule has 3 N–H and O–H groups in total.